The summed E-state index contributed by atoms with van der Waals surface area (Å²) in [5.74, 6) is -3.90. The Hall–Kier alpha value is -1.19. The van der Waals surface area contributed by atoms with Gasteiger partial charge in [0.1, 0.15) is 5.75 Å². The summed E-state index contributed by atoms with van der Waals surface area (Å²) in [6.07, 6.45) is 0. The number of ether oxygens (including phenoxy) is 1. The van der Waals surface area contributed by atoms with Crippen LogP contribution in [0.3, 0.4) is 0 Å². The van der Waals surface area contributed by atoms with Gasteiger partial charge >= 0.3 is 0 Å². The van der Waals surface area contributed by atoms with Gasteiger partial charge in [-0.05, 0) is 6.92 Å². The molecule has 0 N–H and O–H groups in total. The number of methoxy groups -OCH3 is 1. The van der Waals surface area contributed by atoms with Gasteiger partial charge in [-0.15, -0.1) is 0 Å². The summed E-state index contributed by atoms with van der Waals surface area (Å²) >= 11 is 0. The van der Waals surface area contributed by atoms with Crippen molar-refractivity contribution < 1.29 is 17.9 Å². The number of halogens is 3. The number of hydrogen-bond donors (Lipinski definition) is 0. The molecule has 0 fully saturated rings. The van der Waals surface area contributed by atoms with E-state index in [4.69, 9.17) is 0 Å². The second kappa shape index (κ2) is 3.05. The average molecular weight is 176 g/mol. The first kappa shape index (κ1) is 8.90. The third-order valence-electron chi connectivity index (χ3n) is 1.58. The topological polar surface area (TPSA) is 9.23 Å². The van der Waals surface area contributed by atoms with Crippen molar-refractivity contribution in [2.45, 2.75) is 6.92 Å². The van der Waals surface area contributed by atoms with Crippen molar-refractivity contribution in [2.75, 3.05) is 7.11 Å². The molecule has 0 saturated carbocycles. The van der Waals surface area contributed by atoms with E-state index < -0.39 is 17.5 Å². The van der Waals surface area contributed by atoms with Crippen molar-refractivity contribution in [2.24, 2.45) is 0 Å². The van der Waals surface area contributed by atoms with E-state index in [9.17, 15) is 13.2 Å². The van der Waals surface area contributed by atoms with Crippen LogP contribution >= 0.6 is 0 Å². The van der Waals surface area contributed by atoms with Crippen molar-refractivity contribution in [1.82, 2.24) is 0 Å². The minimum atomic E-state index is -1.46. The Labute approximate surface area is 67.8 Å². The number of hydrogen-bond acceptors (Lipinski definition) is 1. The largest absolute Gasteiger partial charge is 0.496 e. The van der Waals surface area contributed by atoms with Crippen LogP contribution < -0.4 is 4.74 Å². The van der Waals surface area contributed by atoms with Gasteiger partial charge in [-0.3, -0.25) is 0 Å². The smallest absolute Gasteiger partial charge is 0.194 e. The lowest BCUT2D eigenvalue weighted by Gasteiger charge is -2.05. The second-order valence-electron chi connectivity index (χ2n) is 2.31. The van der Waals surface area contributed by atoms with Crippen LogP contribution in [-0.4, -0.2) is 7.11 Å². The monoisotopic (exact) mass is 176 g/mol. The second-order valence-corrected chi connectivity index (χ2v) is 2.31. The molecule has 12 heavy (non-hydrogen) atoms. The van der Waals surface area contributed by atoms with Crippen molar-refractivity contribution in [3.63, 3.8) is 0 Å². The van der Waals surface area contributed by atoms with E-state index in [0.717, 1.165) is 6.07 Å². The molecule has 1 rings (SSSR count). The van der Waals surface area contributed by atoms with E-state index in [1.54, 1.807) is 0 Å². The first-order chi connectivity index (χ1) is 5.57. The van der Waals surface area contributed by atoms with E-state index in [2.05, 4.69) is 4.74 Å². The van der Waals surface area contributed by atoms with Gasteiger partial charge in [0.05, 0.1) is 7.11 Å². The molecule has 0 atom stereocenters. The van der Waals surface area contributed by atoms with E-state index in [0.29, 0.717) is 0 Å². The highest BCUT2D eigenvalue weighted by Crippen LogP contribution is 2.24. The molecule has 0 aliphatic carbocycles. The highest BCUT2D eigenvalue weighted by atomic mass is 19.2. The molecule has 0 aliphatic rings. The Morgan fingerprint density at radius 3 is 2.25 bits per heavy atom. The molecule has 0 bridgehead atoms. The fraction of sp³-hybridized carbons (Fsp3) is 0.250. The van der Waals surface area contributed by atoms with Crippen LogP contribution in [0.4, 0.5) is 13.2 Å². The Bertz CT molecular complexity index is 310. The normalized spacial score (nSPS) is 10.1. The maximum absolute atomic E-state index is 12.7. The molecule has 0 amide bonds. The Kier molecular flexibility index (Phi) is 2.26. The van der Waals surface area contributed by atoms with E-state index in [1.165, 1.54) is 14.0 Å². The predicted octanol–water partition coefficient (Wildman–Crippen LogP) is 2.42. The van der Waals surface area contributed by atoms with E-state index in [1.807, 2.05) is 0 Å². The number of rotatable bonds is 1. The van der Waals surface area contributed by atoms with Gasteiger partial charge in [-0.25, -0.2) is 13.2 Å². The molecule has 0 spiro atoms. The van der Waals surface area contributed by atoms with Crippen LogP contribution in [0.15, 0.2) is 6.07 Å². The van der Waals surface area contributed by atoms with Gasteiger partial charge < -0.3 is 4.74 Å². The quantitative estimate of drug-likeness (QED) is 0.597. The molecular weight excluding hydrogens is 169 g/mol. The molecule has 1 aromatic rings. The summed E-state index contributed by atoms with van der Waals surface area (Å²) in [5, 5.41) is 0. The zero-order valence-electron chi connectivity index (χ0n) is 6.62. The average Bonchev–Trinajstić information content (AvgIpc) is 2.08. The van der Waals surface area contributed by atoms with Crippen LogP contribution in [0, 0.1) is 24.4 Å². The molecule has 1 aromatic carbocycles. The SMILES string of the molecule is COc1cc(F)c(F)c(F)c1C. The van der Waals surface area contributed by atoms with Crippen LogP contribution in [0.1, 0.15) is 5.56 Å². The van der Waals surface area contributed by atoms with Gasteiger partial charge in [-0.2, -0.15) is 0 Å². The minimum absolute atomic E-state index is 0.00593. The fourth-order valence-corrected chi connectivity index (χ4v) is 0.876. The molecule has 0 heterocycles. The van der Waals surface area contributed by atoms with Crippen molar-refractivity contribution in [3.05, 3.63) is 29.1 Å². The Morgan fingerprint density at radius 2 is 1.75 bits per heavy atom. The van der Waals surface area contributed by atoms with Crippen LogP contribution in [0.2, 0.25) is 0 Å². The van der Waals surface area contributed by atoms with Gasteiger partial charge in [-0.1, -0.05) is 0 Å². The third-order valence-corrected chi connectivity index (χ3v) is 1.58. The van der Waals surface area contributed by atoms with E-state index >= 15 is 0 Å². The molecule has 0 radical (unpaired) electrons. The van der Waals surface area contributed by atoms with E-state index in [-0.39, 0.29) is 11.3 Å². The Balaban J connectivity index is 3.39. The molecule has 4 heteroatoms. The van der Waals surface area contributed by atoms with Crippen molar-refractivity contribution >= 4 is 0 Å². The van der Waals surface area contributed by atoms with Gasteiger partial charge in [0.25, 0.3) is 0 Å². The predicted molar refractivity (Wildman–Crippen MR) is 37.6 cm³/mol. The van der Waals surface area contributed by atoms with Crippen LogP contribution in [0.5, 0.6) is 5.75 Å². The maximum atomic E-state index is 12.7. The fourth-order valence-electron chi connectivity index (χ4n) is 0.876. The van der Waals surface area contributed by atoms with Gasteiger partial charge in [0.15, 0.2) is 17.5 Å². The lowest BCUT2D eigenvalue weighted by Crippen LogP contribution is -1.97. The van der Waals surface area contributed by atoms with Crippen molar-refractivity contribution in [3.8, 4) is 5.75 Å². The first-order valence-corrected chi connectivity index (χ1v) is 3.26. The third kappa shape index (κ3) is 1.24. The summed E-state index contributed by atoms with van der Waals surface area (Å²) in [6, 6.07) is 0.813. The zero-order chi connectivity index (χ0) is 9.30. The van der Waals surface area contributed by atoms with Crippen LogP contribution in [0.25, 0.3) is 0 Å². The molecule has 0 aromatic heterocycles. The standard InChI is InChI=1S/C8H7F3O/c1-4-6(12-2)3-5(9)8(11)7(4)10/h3H,1-2H3. The lowest BCUT2D eigenvalue weighted by molar-refractivity contribution is 0.386. The van der Waals surface area contributed by atoms with Crippen molar-refractivity contribution in [1.29, 1.82) is 0 Å². The molecule has 0 unspecified atom stereocenters. The maximum Gasteiger partial charge on any atom is 0.194 e. The minimum Gasteiger partial charge on any atom is -0.496 e. The summed E-state index contributed by atoms with van der Waals surface area (Å²) in [6.45, 7) is 1.32. The molecule has 1 nitrogen and oxygen atoms in total. The summed E-state index contributed by atoms with van der Waals surface area (Å²) in [4.78, 5) is 0. The summed E-state index contributed by atoms with van der Waals surface area (Å²) in [5.41, 5.74) is -0.0311. The zero-order valence-corrected chi connectivity index (χ0v) is 6.62. The molecule has 66 valence electrons. The molecule has 0 saturated heterocycles. The summed E-state index contributed by atoms with van der Waals surface area (Å²) < 4.78 is 42.4. The first-order valence-electron chi connectivity index (χ1n) is 3.26. The Morgan fingerprint density at radius 1 is 1.17 bits per heavy atom. The van der Waals surface area contributed by atoms with Gasteiger partial charge in [0.2, 0.25) is 0 Å². The highest BCUT2D eigenvalue weighted by molar-refractivity contribution is 5.34. The molecule has 0 aliphatic heterocycles. The highest BCUT2D eigenvalue weighted by Gasteiger charge is 2.15. The summed E-state index contributed by atoms with van der Waals surface area (Å²) in [7, 11) is 1.26. The molecular formula is C8H7F3O. The lowest BCUT2D eigenvalue weighted by atomic mass is 10.2. The van der Waals surface area contributed by atoms with Gasteiger partial charge in [0, 0.05) is 11.6 Å². The van der Waals surface area contributed by atoms with Crippen LogP contribution in [-0.2, 0) is 0 Å². The number of benzene rings is 1.